The highest BCUT2D eigenvalue weighted by Crippen LogP contribution is 2.33. The van der Waals surface area contributed by atoms with Gasteiger partial charge in [0.25, 0.3) is 0 Å². The Morgan fingerprint density at radius 2 is 1.71 bits per heavy atom. The zero-order chi connectivity index (χ0) is 25.1. The summed E-state index contributed by atoms with van der Waals surface area (Å²) < 4.78 is 71.7. The topological polar surface area (TPSA) is 75.7 Å². The van der Waals surface area contributed by atoms with Crippen LogP contribution in [0.3, 0.4) is 0 Å². The number of hydrogen-bond donors (Lipinski definition) is 1. The Morgan fingerprint density at radius 1 is 1.09 bits per heavy atom. The van der Waals surface area contributed by atoms with Gasteiger partial charge in [0.2, 0.25) is 15.9 Å². The van der Waals surface area contributed by atoms with Crippen LogP contribution >= 0.6 is 0 Å². The molecule has 1 aliphatic rings. The minimum atomic E-state index is -4.47. The molecule has 2 aromatic carbocycles. The van der Waals surface area contributed by atoms with Gasteiger partial charge in [-0.2, -0.15) is 17.5 Å². The van der Waals surface area contributed by atoms with E-state index in [1.165, 1.54) is 29.6 Å². The first kappa shape index (κ1) is 26.0. The van der Waals surface area contributed by atoms with Gasteiger partial charge in [-0.1, -0.05) is 26.0 Å². The summed E-state index contributed by atoms with van der Waals surface area (Å²) in [4.78, 5) is 13.1. The summed E-state index contributed by atoms with van der Waals surface area (Å²) in [7, 11) is -2.20. The maximum absolute atomic E-state index is 13.1. The Hall–Kier alpha value is -2.59. The number of rotatable bonds is 7. The fourth-order valence-corrected chi connectivity index (χ4v) is 5.54. The number of ether oxygens (including phenoxy) is 1. The molecule has 1 heterocycles. The van der Waals surface area contributed by atoms with E-state index in [4.69, 9.17) is 4.74 Å². The molecule has 34 heavy (non-hydrogen) atoms. The maximum Gasteiger partial charge on any atom is 0.416 e. The van der Waals surface area contributed by atoms with E-state index in [2.05, 4.69) is 5.32 Å². The van der Waals surface area contributed by atoms with E-state index in [1.54, 1.807) is 18.2 Å². The number of sulfonamides is 1. The van der Waals surface area contributed by atoms with Gasteiger partial charge in [0.05, 0.1) is 23.6 Å². The molecule has 0 aliphatic carbocycles. The Labute approximate surface area is 198 Å². The number of carbonyl (C=O) groups is 1. The number of benzene rings is 2. The van der Waals surface area contributed by atoms with Gasteiger partial charge in [0.1, 0.15) is 5.75 Å². The Morgan fingerprint density at radius 3 is 2.24 bits per heavy atom. The van der Waals surface area contributed by atoms with Gasteiger partial charge in [-0.05, 0) is 60.7 Å². The number of nitrogens with zero attached hydrogens (tertiary/aromatic N) is 1. The predicted molar refractivity (Wildman–Crippen MR) is 122 cm³/mol. The molecule has 0 bridgehead atoms. The molecule has 0 aromatic heterocycles. The molecule has 1 fully saturated rings. The lowest BCUT2D eigenvalue weighted by Crippen LogP contribution is -2.44. The molecule has 0 spiro atoms. The summed E-state index contributed by atoms with van der Waals surface area (Å²) in [5.41, 5.74) is -0.375. The number of nitrogens with one attached hydrogen (secondary N) is 1. The van der Waals surface area contributed by atoms with Gasteiger partial charge in [-0.15, -0.1) is 0 Å². The first-order chi connectivity index (χ1) is 15.9. The van der Waals surface area contributed by atoms with Crippen LogP contribution in [0.5, 0.6) is 5.75 Å². The molecule has 6 nitrogen and oxygen atoms in total. The number of alkyl halides is 3. The predicted octanol–water partition coefficient (Wildman–Crippen LogP) is 4.63. The van der Waals surface area contributed by atoms with Crippen LogP contribution in [0.15, 0.2) is 53.4 Å². The van der Waals surface area contributed by atoms with Crippen LogP contribution in [0.4, 0.5) is 13.2 Å². The van der Waals surface area contributed by atoms with E-state index in [-0.39, 0.29) is 29.8 Å². The Bertz CT molecular complexity index is 1090. The van der Waals surface area contributed by atoms with Crippen molar-refractivity contribution in [3.63, 3.8) is 0 Å². The lowest BCUT2D eigenvalue weighted by atomic mass is 9.92. The minimum absolute atomic E-state index is 0.136. The second kappa shape index (κ2) is 10.4. The van der Waals surface area contributed by atoms with Crippen molar-refractivity contribution in [2.24, 2.45) is 11.8 Å². The smallest absolute Gasteiger partial charge is 0.416 e. The van der Waals surface area contributed by atoms with Crippen molar-refractivity contribution >= 4 is 15.9 Å². The van der Waals surface area contributed by atoms with Gasteiger partial charge in [0, 0.05) is 19.0 Å². The highest BCUT2D eigenvalue weighted by molar-refractivity contribution is 7.89. The van der Waals surface area contributed by atoms with Crippen LogP contribution in [0.1, 0.15) is 43.9 Å². The van der Waals surface area contributed by atoms with Crippen LogP contribution in [0.2, 0.25) is 0 Å². The Balaban J connectivity index is 1.66. The molecule has 1 aliphatic heterocycles. The average molecular weight is 499 g/mol. The molecule has 1 amide bonds. The van der Waals surface area contributed by atoms with Crippen molar-refractivity contribution < 1.29 is 31.1 Å². The van der Waals surface area contributed by atoms with E-state index in [0.717, 1.165) is 12.1 Å². The van der Waals surface area contributed by atoms with Crippen molar-refractivity contribution in [3.05, 3.63) is 59.7 Å². The number of piperidine rings is 1. The first-order valence-corrected chi connectivity index (χ1v) is 12.5. The van der Waals surface area contributed by atoms with Crippen molar-refractivity contribution in [2.45, 2.75) is 43.8 Å². The summed E-state index contributed by atoms with van der Waals surface area (Å²) in [6, 6.07) is 10.5. The third kappa shape index (κ3) is 5.90. The lowest BCUT2D eigenvalue weighted by molar-refractivity contribution is -0.137. The third-order valence-corrected chi connectivity index (χ3v) is 7.97. The standard InChI is InChI=1S/C24H29F3N2O4S/c1-16(2)22(18-5-4-6-19(15-18)24(25,26)27)28-23(30)17-11-13-29(14-12-17)34(31,32)21-9-7-20(33-3)8-10-21/h4-10,15-17,22H,11-14H2,1-3H3,(H,28,30). The van der Waals surface area contributed by atoms with E-state index in [1.807, 2.05) is 13.8 Å². The molecule has 10 heteroatoms. The molecule has 0 saturated carbocycles. The molecule has 1 atom stereocenters. The van der Waals surface area contributed by atoms with E-state index < -0.39 is 33.7 Å². The molecule has 1 unspecified atom stereocenters. The van der Waals surface area contributed by atoms with Gasteiger partial charge < -0.3 is 10.1 Å². The second-order valence-corrected chi connectivity index (χ2v) is 10.6. The van der Waals surface area contributed by atoms with Crippen LogP contribution in [-0.2, 0) is 21.0 Å². The largest absolute Gasteiger partial charge is 0.497 e. The van der Waals surface area contributed by atoms with Gasteiger partial charge in [-0.25, -0.2) is 8.42 Å². The number of amides is 1. The van der Waals surface area contributed by atoms with Gasteiger partial charge in [0.15, 0.2) is 0 Å². The summed E-state index contributed by atoms with van der Waals surface area (Å²) >= 11 is 0. The van der Waals surface area contributed by atoms with Gasteiger partial charge in [-0.3, -0.25) is 4.79 Å². The summed E-state index contributed by atoms with van der Waals surface area (Å²) in [6.07, 6.45) is -3.81. The highest BCUT2D eigenvalue weighted by atomic mass is 32.2. The minimum Gasteiger partial charge on any atom is -0.497 e. The van der Waals surface area contributed by atoms with Crippen LogP contribution in [0, 0.1) is 11.8 Å². The number of methoxy groups -OCH3 is 1. The molecule has 1 saturated heterocycles. The first-order valence-electron chi connectivity index (χ1n) is 11.0. The molecular weight excluding hydrogens is 469 g/mol. The maximum atomic E-state index is 13.1. The fourth-order valence-electron chi connectivity index (χ4n) is 4.07. The van der Waals surface area contributed by atoms with Crippen LogP contribution < -0.4 is 10.1 Å². The van der Waals surface area contributed by atoms with E-state index >= 15 is 0 Å². The lowest BCUT2D eigenvalue weighted by Gasteiger charge is -2.32. The number of carbonyl (C=O) groups excluding carboxylic acids is 1. The number of halogens is 3. The van der Waals surface area contributed by atoms with Crippen molar-refractivity contribution in [3.8, 4) is 5.75 Å². The van der Waals surface area contributed by atoms with Crippen molar-refractivity contribution in [1.82, 2.24) is 9.62 Å². The molecule has 2 aromatic rings. The summed E-state index contributed by atoms with van der Waals surface area (Å²) in [6.45, 7) is 4.02. The quantitative estimate of drug-likeness (QED) is 0.604. The summed E-state index contributed by atoms with van der Waals surface area (Å²) in [5.74, 6) is -0.287. The van der Waals surface area contributed by atoms with Gasteiger partial charge >= 0.3 is 6.18 Å². The molecule has 3 rings (SSSR count). The van der Waals surface area contributed by atoms with Crippen LogP contribution in [0.25, 0.3) is 0 Å². The Kier molecular flexibility index (Phi) is 7.92. The zero-order valence-corrected chi connectivity index (χ0v) is 20.1. The average Bonchev–Trinajstić information content (AvgIpc) is 2.81. The van der Waals surface area contributed by atoms with Crippen LogP contribution in [-0.4, -0.2) is 38.8 Å². The molecule has 0 radical (unpaired) electrons. The molecule has 1 N–H and O–H groups in total. The second-order valence-electron chi connectivity index (χ2n) is 8.71. The molecular formula is C24H29F3N2O4S. The van der Waals surface area contributed by atoms with Crippen molar-refractivity contribution in [1.29, 1.82) is 0 Å². The normalized spacial score (nSPS) is 16.9. The monoisotopic (exact) mass is 498 g/mol. The number of hydrogen-bond acceptors (Lipinski definition) is 4. The van der Waals surface area contributed by atoms with E-state index in [0.29, 0.717) is 24.2 Å². The van der Waals surface area contributed by atoms with E-state index in [9.17, 15) is 26.4 Å². The summed E-state index contributed by atoms with van der Waals surface area (Å²) in [5, 5.41) is 2.89. The third-order valence-electron chi connectivity index (χ3n) is 6.06. The van der Waals surface area contributed by atoms with Crippen molar-refractivity contribution in [2.75, 3.05) is 20.2 Å². The highest BCUT2D eigenvalue weighted by Gasteiger charge is 2.34. The fraction of sp³-hybridized carbons (Fsp3) is 0.458. The zero-order valence-electron chi connectivity index (χ0n) is 19.3. The SMILES string of the molecule is COc1ccc(S(=O)(=O)N2CCC(C(=O)NC(c3cccc(C(F)(F)F)c3)C(C)C)CC2)cc1. The molecule has 186 valence electrons.